The molecule has 0 saturated heterocycles. The van der Waals surface area contributed by atoms with Crippen molar-refractivity contribution in [3.05, 3.63) is 413 Å². The summed E-state index contributed by atoms with van der Waals surface area (Å²) >= 11 is 0. The maximum atomic E-state index is 7.25. The van der Waals surface area contributed by atoms with Gasteiger partial charge in [0.15, 0.2) is 34.9 Å². The smallest absolute Gasteiger partial charge is 0.164 e. The fraction of sp³-hybridized carbons (Fsp3) is 0. The van der Waals surface area contributed by atoms with Crippen LogP contribution in [0.5, 0.6) is 11.5 Å². The molecule has 0 aliphatic heterocycles. The summed E-state index contributed by atoms with van der Waals surface area (Å²) in [6.07, 6.45) is 0. The summed E-state index contributed by atoms with van der Waals surface area (Å²) in [4.78, 5) is 32.8. The highest BCUT2D eigenvalue weighted by atomic mass is 16.5. The Morgan fingerprint density at radius 1 is 0.119 bits per heavy atom. The third-order valence-corrected chi connectivity index (χ3v) is 19.8. The van der Waals surface area contributed by atoms with E-state index >= 15 is 0 Å². The summed E-state index contributed by atoms with van der Waals surface area (Å²) in [5.41, 5.74) is 25.8. The highest BCUT2D eigenvalue weighted by molar-refractivity contribution is 5.87. The van der Waals surface area contributed by atoms with Crippen LogP contribution in [0.3, 0.4) is 0 Å². The molecule has 0 bridgehead atoms. The fourth-order valence-electron chi connectivity index (χ4n) is 14.3. The third kappa shape index (κ3) is 14.6. The molecule has 16 aromatic carbocycles. The first-order valence-electron chi connectivity index (χ1n) is 36.6. The highest BCUT2D eigenvalue weighted by Crippen LogP contribution is 2.43. The number of hydrogen-bond donors (Lipinski definition) is 0. The van der Waals surface area contributed by atoms with Gasteiger partial charge in [0.1, 0.15) is 11.5 Å². The van der Waals surface area contributed by atoms with E-state index < -0.39 is 0 Å². The number of aromatic nitrogens is 6. The second-order valence-corrected chi connectivity index (χ2v) is 27.0. The number of ether oxygens (including phenoxy) is 1. The maximum absolute atomic E-state index is 7.25. The fourth-order valence-corrected chi connectivity index (χ4v) is 14.3. The van der Waals surface area contributed by atoms with Crippen molar-refractivity contribution in [2.45, 2.75) is 0 Å². The lowest BCUT2D eigenvalue weighted by molar-refractivity contribution is 0.486. The van der Waals surface area contributed by atoms with E-state index in [4.69, 9.17) is 34.6 Å². The van der Waals surface area contributed by atoms with Crippen LogP contribution in [0.15, 0.2) is 413 Å². The normalized spacial score (nSPS) is 11.1. The summed E-state index contributed by atoms with van der Waals surface area (Å²) < 4.78 is 7.25. The van der Waals surface area contributed by atoms with Crippen LogP contribution in [0.25, 0.3) is 180 Å². The Balaban J connectivity index is 0.741. The minimum Gasteiger partial charge on any atom is -0.456 e. The Kier molecular flexibility index (Phi) is 18.4. The van der Waals surface area contributed by atoms with Gasteiger partial charge in [-0.2, -0.15) is 0 Å². The summed E-state index contributed by atoms with van der Waals surface area (Å²) in [5, 5.41) is 0. The molecule has 0 aliphatic carbocycles. The largest absolute Gasteiger partial charge is 0.456 e. The monoisotopic (exact) mass is 1390 g/mol. The maximum Gasteiger partial charge on any atom is 0.164 e. The number of hydrogen-bond acceptors (Lipinski definition) is 7. The van der Waals surface area contributed by atoms with Gasteiger partial charge in [-0.1, -0.05) is 315 Å². The zero-order chi connectivity index (χ0) is 72.7. The molecule has 0 N–H and O–H groups in total. The lowest BCUT2D eigenvalue weighted by Gasteiger charge is -2.16. The van der Waals surface area contributed by atoms with Crippen LogP contribution in [0.4, 0.5) is 0 Å². The highest BCUT2D eigenvalue weighted by Gasteiger charge is 2.22. The lowest BCUT2D eigenvalue weighted by Crippen LogP contribution is -2.01. The topological polar surface area (TPSA) is 86.6 Å². The number of rotatable bonds is 18. The summed E-state index contributed by atoms with van der Waals surface area (Å²) in [7, 11) is 0. The molecule has 2 heterocycles. The van der Waals surface area contributed by atoms with Gasteiger partial charge in [-0.25, -0.2) is 29.9 Å². The van der Waals surface area contributed by atoms with Crippen molar-refractivity contribution in [2.75, 3.05) is 0 Å². The van der Waals surface area contributed by atoms with Crippen LogP contribution in [0.1, 0.15) is 0 Å². The molecule has 512 valence electrons. The average molecular weight is 1390 g/mol. The molecule has 7 heteroatoms. The first kappa shape index (κ1) is 66.3. The van der Waals surface area contributed by atoms with E-state index in [2.05, 4.69) is 340 Å². The van der Waals surface area contributed by atoms with Crippen LogP contribution in [0, 0.1) is 0 Å². The molecule has 0 fully saturated rings. The molecule has 109 heavy (non-hydrogen) atoms. The first-order valence-corrected chi connectivity index (χ1v) is 36.6. The zero-order valence-corrected chi connectivity index (χ0v) is 59.4. The van der Waals surface area contributed by atoms with Gasteiger partial charge in [-0.05, 0) is 197 Å². The Bertz CT molecular complexity index is 5380. The van der Waals surface area contributed by atoms with Crippen molar-refractivity contribution in [2.24, 2.45) is 0 Å². The van der Waals surface area contributed by atoms with E-state index in [1.165, 1.54) is 0 Å². The Morgan fingerprint density at radius 3 is 0.495 bits per heavy atom. The molecule has 0 spiro atoms. The van der Waals surface area contributed by atoms with E-state index in [-0.39, 0.29) is 0 Å². The molecule has 0 unspecified atom stereocenters. The van der Waals surface area contributed by atoms with Gasteiger partial charge >= 0.3 is 0 Å². The van der Waals surface area contributed by atoms with E-state index in [0.29, 0.717) is 46.4 Å². The van der Waals surface area contributed by atoms with Crippen LogP contribution >= 0.6 is 0 Å². The van der Waals surface area contributed by atoms with Crippen LogP contribution in [-0.2, 0) is 0 Å². The molecule has 0 amide bonds. The van der Waals surface area contributed by atoms with E-state index in [9.17, 15) is 0 Å². The molecule has 0 aliphatic rings. The average Bonchev–Trinajstić information content (AvgIpc) is 0.776. The van der Waals surface area contributed by atoms with Crippen molar-refractivity contribution in [1.29, 1.82) is 0 Å². The summed E-state index contributed by atoms with van der Waals surface area (Å²) in [5.74, 6) is 4.57. The van der Waals surface area contributed by atoms with Gasteiger partial charge in [0.05, 0.1) is 0 Å². The van der Waals surface area contributed by atoms with Gasteiger partial charge < -0.3 is 4.74 Å². The Labute approximate surface area is 634 Å². The summed E-state index contributed by atoms with van der Waals surface area (Å²) in [6.45, 7) is 0. The predicted octanol–water partition coefficient (Wildman–Crippen LogP) is 26.5. The molecule has 7 nitrogen and oxygen atoms in total. The third-order valence-electron chi connectivity index (χ3n) is 19.8. The molecular weight excluding hydrogens is 1330 g/mol. The number of nitrogens with zero attached hydrogens (tertiary/aromatic N) is 6. The van der Waals surface area contributed by atoms with Crippen molar-refractivity contribution in [3.63, 3.8) is 0 Å². The van der Waals surface area contributed by atoms with Gasteiger partial charge in [-0.15, -0.1) is 0 Å². The second kappa shape index (κ2) is 30.2. The van der Waals surface area contributed by atoms with Crippen molar-refractivity contribution in [1.82, 2.24) is 29.9 Å². The number of benzene rings is 16. The standard InChI is InChI=1S/C102H68N6O/c1-9-31-69(32-10-1)81-57-82(70-33-11-2-12-34-70)62-89(61-81)99-103-97(104-100(107-99)90-63-83(71-35-13-3-14-36-71)58-84(64-90)72-37-15-4-16-38-72)79-49-29-47-77(55-79)93-51-25-27-53-95(93)109-96-54-28-26-52-94(96)78-48-30-50-80(56-78)98-105-101(91-65-85(73-39-17-5-18-40-73)59-86(66-91)74-41-19-6-20-42-74)108-102(106-98)92-67-87(75-43-21-7-22-44-75)60-88(68-92)76-45-23-8-24-46-76/h1-68H. The van der Waals surface area contributed by atoms with Crippen LogP contribution in [-0.4, -0.2) is 29.9 Å². The predicted molar refractivity (Wildman–Crippen MR) is 447 cm³/mol. The van der Waals surface area contributed by atoms with E-state index in [0.717, 1.165) is 145 Å². The van der Waals surface area contributed by atoms with E-state index in [1.807, 2.05) is 72.8 Å². The van der Waals surface area contributed by atoms with Crippen LogP contribution < -0.4 is 4.74 Å². The zero-order valence-electron chi connectivity index (χ0n) is 59.4. The molecule has 18 rings (SSSR count). The van der Waals surface area contributed by atoms with Gasteiger partial charge in [0.25, 0.3) is 0 Å². The summed E-state index contributed by atoms with van der Waals surface area (Å²) in [6, 6.07) is 144. The molecule has 2 aromatic heterocycles. The molecular formula is C102H68N6O. The minimum absolute atomic E-state index is 0.524. The Hall–Kier alpha value is -14.7. The molecule has 0 atom stereocenters. The van der Waals surface area contributed by atoms with Gasteiger partial charge in [0.2, 0.25) is 0 Å². The van der Waals surface area contributed by atoms with Crippen LogP contribution in [0.2, 0.25) is 0 Å². The molecule has 0 saturated carbocycles. The second-order valence-electron chi connectivity index (χ2n) is 27.0. The lowest BCUT2D eigenvalue weighted by atomic mass is 9.95. The van der Waals surface area contributed by atoms with Crippen molar-refractivity contribution in [3.8, 4) is 191 Å². The van der Waals surface area contributed by atoms with Gasteiger partial charge in [0, 0.05) is 44.5 Å². The molecule has 0 radical (unpaired) electrons. The quantitative estimate of drug-likeness (QED) is 0.0846. The van der Waals surface area contributed by atoms with E-state index in [1.54, 1.807) is 0 Å². The van der Waals surface area contributed by atoms with Crippen molar-refractivity contribution < 1.29 is 4.74 Å². The minimum atomic E-state index is 0.524. The SMILES string of the molecule is c1ccc(-c2cc(-c3ccccc3)cc(-c3nc(-c4cc(-c5ccccc5)cc(-c5ccccc5)c4)nc(-c4cccc(-c5ccccc5Oc5ccccc5-c5cccc(-c6nc(-c7cc(-c8ccccc8)cc(-c8ccccc8)c7)nc(-c7cc(-c8ccccc8)cc(-c8ccccc8)c7)n6)c5)c4)n3)c2)cc1. The van der Waals surface area contributed by atoms with Crippen molar-refractivity contribution >= 4 is 0 Å². The number of para-hydroxylation sites is 2. The Morgan fingerprint density at radius 2 is 0.275 bits per heavy atom. The first-order chi connectivity index (χ1) is 53.9. The van der Waals surface area contributed by atoms with Gasteiger partial charge in [-0.3, -0.25) is 0 Å². The molecule has 18 aromatic rings.